The van der Waals surface area contributed by atoms with Crippen molar-refractivity contribution in [1.82, 2.24) is 10.3 Å². The molecule has 0 spiro atoms. The van der Waals surface area contributed by atoms with Crippen molar-refractivity contribution in [3.63, 3.8) is 0 Å². The molecule has 0 amide bonds. The quantitative estimate of drug-likeness (QED) is 0.896. The van der Waals surface area contributed by atoms with Gasteiger partial charge in [0.15, 0.2) is 0 Å². The van der Waals surface area contributed by atoms with E-state index in [2.05, 4.69) is 46.4 Å². The van der Waals surface area contributed by atoms with E-state index in [0.717, 1.165) is 25.2 Å². The summed E-state index contributed by atoms with van der Waals surface area (Å²) < 4.78 is 5.26. The normalized spacial score (nSPS) is 26.3. The lowest BCUT2D eigenvalue weighted by Gasteiger charge is -2.42. The maximum absolute atomic E-state index is 6.27. The Hall–Kier alpha value is -1.69. The Kier molecular flexibility index (Phi) is 4.16. The second-order valence-electron chi connectivity index (χ2n) is 7.53. The predicted octanol–water partition coefficient (Wildman–Crippen LogP) is 1.77. The van der Waals surface area contributed by atoms with Crippen LogP contribution in [0.3, 0.4) is 0 Å². The second-order valence-corrected chi connectivity index (χ2v) is 7.53. The highest BCUT2D eigenvalue weighted by molar-refractivity contribution is 5.91. The zero-order valence-corrected chi connectivity index (χ0v) is 14.2. The third-order valence-electron chi connectivity index (χ3n) is 5.14. The van der Waals surface area contributed by atoms with Crippen LogP contribution < -0.4 is 16.0 Å². The van der Waals surface area contributed by atoms with Gasteiger partial charge in [-0.3, -0.25) is 4.98 Å². The minimum absolute atomic E-state index is 0.172. The molecule has 2 aliphatic heterocycles. The number of rotatable bonds is 4. The SMILES string of the molecule is C[C@H]1C[C@@H](NCC2(N)COC2)CN(c2cccc3ncccc23)C1. The number of pyridine rings is 1. The van der Waals surface area contributed by atoms with Crippen LogP contribution in [-0.4, -0.2) is 49.4 Å². The van der Waals surface area contributed by atoms with Crippen LogP contribution in [0.4, 0.5) is 5.69 Å². The van der Waals surface area contributed by atoms with E-state index in [9.17, 15) is 0 Å². The number of nitrogens with one attached hydrogen (secondary N) is 1. The molecule has 3 N–H and O–H groups in total. The molecule has 0 aliphatic carbocycles. The van der Waals surface area contributed by atoms with Gasteiger partial charge in [-0.2, -0.15) is 0 Å². The van der Waals surface area contributed by atoms with Crippen LogP contribution in [0.15, 0.2) is 36.5 Å². The van der Waals surface area contributed by atoms with E-state index in [-0.39, 0.29) is 5.54 Å². The number of piperidine rings is 1. The molecule has 5 heteroatoms. The maximum Gasteiger partial charge on any atom is 0.0754 e. The number of nitrogens with two attached hydrogens (primary N) is 1. The van der Waals surface area contributed by atoms with Gasteiger partial charge in [-0.25, -0.2) is 0 Å². The molecule has 1 aromatic carbocycles. The summed E-state index contributed by atoms with van der Waals surface area (Å²) in [5.74, 6) is 0.648. The molecule has 3 heterocycles. The van der Waals surface area contributed by atoms with E-state index in [4.69, 9.17) is 10.5 Å². The van der Waals surface area contributed by atoms with Crippen molar-refractivity contribution in [1.29, 1.82) is 0 Å². The number of hydrogen-bond donors (Lipinski definition) is 2. The Morgan fingerprint density at radius 2 is 2.17 bits per heavy atom. The predicted molar refractivity (Wildman–Crippen MR) is 97.3 cm³/mol. The summed E-state index contributed by atoms with van der Waals surface area (Å²) in [6, 6.07) is 11.0. The van der Waals surface area contributed by atoms with Gasteiger partial charge >= 0.3 is 0 Å². The highest BCUT2D eigenvalue weighted by atomic mass is 16.5. The fourth-order valence-corrected chi connectivity index (χ4v) is 3.87. The van der Waals surface area contributed by atoms with Crippen molar-refractivity contribution in [3.05, 3.63) is 36.5 Å². The van der Waals surface area contributed by atoms with Crippen molar-refractivity contribution >= 4 is 16.6 Å². The number of nitrogens with zero attached hydrogens (tertiary/aromatic N) is 2. The van der Waals surface area contributed by atoms with Crippen molar-refractivity contribution in [2.75, 3.05) is 37.7 Å². The molecule has 0 saturated carbocycles. The second kappa shape index (κ2) is 6.31. The van der Waals surface area contributed by atoms with Gasteiger partial charge < -0.3 is 20.7 Å². The third kappa shape index (κ3) is 3.11. The Bertz CT molecular complexity index is 710. The van der Waals surface area contributed by atoms with Gasteiger partial charge in [0.2, 0.25) is 0 Å². The highest BCUT2D eigenvalue weighted by Crippen LogP contribution is 2.29. The van der Waals surface area contributed by atoms with E-state index >= 15 is 0 Å². The molecule has 24 heavy (non-hydrogen) atoms. The van der Waals surface area contributed by atoms with Gasteiger partial charge in [0.25, 0.3) is 0 Å². The summed E-state index contributed by atoms with van der Waals surface area (Å²) in [7, 11) is 0. The van der Waals surface area contributed by atoms with Gasteiger partial charge in [0.1, 0.15) is 0 Å². The number of ether oxygens (including phenoxy) is 1. The first-order valence-electron chi connectivity index (χ1n) is 8.82. The topological polar surface area (TPSA) is 63.4 Å². The molecule has 2 atom stereocenters. The number of aromatic nitrogens is 1. The van der Waals surface area contributed by atoms with Crippen molar-refractivity contribution in [2.24, 2.45) is 11.7 Å². The van der Waals surface area contributed by atoms with Crippen LogP contribution in [0.2, 0.25) is 0 Å². The van der Waals surface area contributed by atoms with E-state index in [1.165, 1.54) is 17.5 Å². The average Bonchev–Trinajstić information content (AvgIpc) is 2.57. The molecular formula is C19H26N4O. The zero-order chi connectivity index (χ0) is 16.6. The van der Waals surface area contributed by atoms with Gasteiger partial charge in [0, 0.05) is 42.9 Å². The minimum Gasteiger partial charge on any atom is -0.377 e. The number of benzene rings is 1. The van der Waals surface area contributed by atoms with Crippen LogP contribution in [0.1, 0.15) is 13.3 Å². The Balaban J connectivity index is 1.51. The molecule has 1 aromatic heterocycles. The fraction of sp³-hybridized carbons (Fsp3) is 0.526. The maximum atomic E-state index is 6.27. The van der Waals surface area contributed by atoms with E-state index in [1.807, 2.05) is 12.3 Å². The van der Waals surface area contributed by atoms with Crippen LogP contribution in [0.5, 0.6) is 0 Å². The molecule has 0 radical (unpaired) electrons. The minimum atomic E-state index is -0.172. The van der Waals surface area contributed by atoms with E-state index < -0.39 is 0 Å². The molecule has 2 saturated heterocycles. The summed E-state index contributed by atoms with van der Waals surface area (Å²) in [6.45, 7) is 6.59. The Labute approximate surface area is 143 Å². The highest BCUT2D eigenvalue weighted by Gasteiger charge is 2.35. The summed E-state index contributed by atoms with van der Waals surface area (Å²) in [5.41, 5.74) is 8.44. The summed E-state index contributed by atoms with van der Waals surface area (Å²) in [4.78, 5) is 6.99. The summed E-state index contributed by atoms with van der Waals surface area (Å²) in [5, 5.41) is 4.91. The lowest BCUT2D eigenvalue weighted by atomic mass is 9.93. The molecule has 5 nitrogen and oxygen atoms in total. The van der Waals surface area contributed by atoms with Crippen molar-refractivity contribution in [2.45, 2.75) is 24.9 Å². The van der Waals surface area contributed by atoms with Crippen molar-refractivity contribution < 1.29 is 4.74 Å². The summed E-state index contributed by atoms with van der Waals surface area (Å²) in [6.07, 6.45) is 3.05. The number of fused-ring (bicyclic) bond motifs is 1. The Morgan fingerprint density at radius 3 is 2.96 bits per heavy atom. The van der Waals surface area contributed by atoms with E-state index in [1.54, 1.807) is 0 Å². The van der Waals surface area contributed by atoms with Crippen LogP contribution >= 0.6 is 0 Å². The Morgan fingerprint density at radius 1 is 1.29 bits per heavy atom. The van der Waals surface area contributed by atoms with Gasteiger partial charge in [-0.15, -0.1) is 0 Å². The number of anilines is 1. The molecule has 0 bridgehead atoms. The first-order valence-corrected chi connectivity index (χ1v) is 8.82. The molecule has 128 valence electrons. The fourth-order valence-electron chi connectivity index (χ4n) is 3.87. The third-order valence-corrected chi connectivity index (χ3v) is 5.14. The molecule has 4 rings (SSSR count). The average molecular weight is 326 g/mol. The lowest BCUT2D eigenvalue weighted by molar-refractivity contribution is -0.0533. The lowest BCUT2D eigenvalue weighted by Crippen LogP contribution is -2.65. The monoisotopic (exact) mass is 326 g/mol. The van der Waals surface area contributed by atoms with Gasteiger partial charge in [0.05, 0.1) is 24.3 Å². The van der Waals surface area contributed by atoms with Crippen LogP contribution in [0, 0.1) is 5.92 Å². The standard InChI is InChI=1S/C19H26N4O/c1-14-8-15(22-11-19(20)12-24-13-19)10-23(9-14)18-6-2-5-17-16(18)4-3-7-21-17/h2-7,14-15,22H,8-13,20H2,1H3/t14-,15+/m0/s1. The summed E-state index contributed by atoms with van der Waals surface area (Å²) >= 11 is 0. The molecule has 2 fully saturated rings. The first kappa shape index (κ1) is 15.8. The largest absolute Gasteiger partial charge is 0.377 e. The molecule has 2 aromatic rings. The van der Waals surface area contributed by atoms with Gasteiger partial charge in [-0.05, 0) is 36.6 Å². The first-order chi connectivity index (χ1) is 11.6. The van der Waals surface area contributed by atoms with Crippen molar-refractivity contribution in [3.8, 4) is 0 Å². The van der Waals surface area contributed by atoms with Gasteiger partial charge in [-0.1, -0.05) is 13.0 Å². The smallest absolute Gasteiger partial charge is 0.0754 e. The van der Waals surface area contributed by atoms with Crippen LogP contribution in [0.25, 0.3) is 10.9 Å². The molecule has 0 unspecified atom stereocenters. The zero-order valence-electron chi connectivity index (χ0n) is 14.2. The van der Waals surface area contributed by atoms with E-state index in [0.29, 0.717) is 25.2 Å². The molecular weight excluding hydrogens is 300 g/mol. The molecule has 2 aliphatic rings. The number of hydrogen-bond acceptors (Lipinski definition) is 5. The van der Waals surface area contributed by atoms with Crippen LogP contribution in [-0.2, 0) is 4.74 Å².